The van der Waals surface area contributed by atoms with E-state index < -0.39 is 18.3 Å². The number of aliphatic hydroxyl groups is 1. The summed E-state index contributed by atoms with van der Waals surface area (Å²) in [6, 6.07) is 0. The van der Waals surface area contributed by atoms with Gasteiger partial charge >= 0.3 is 11.9 Å². The highest BCUT2D eigenvalue weighted by Crippen LogP contribution is 2.17. The quantitative estimate of drug-likeness (QED) is 0.489. The molecule has 3 atom stereocenters. The summed E-state index contributed by atoms with van der Waals surface area (Å²) in [5, 5.41) is 10.2. The molecule has 0 aromatic heterocycles. The van der Waals surface area contributed by atoms with Gasteiger partial charge in [0.15, 0.2) is 12.2 Å². The van der Waals surface area contributed by atoms with Gasteiger partial charge in [-0.15, -0.1) is 0 Å². The van der Waals surface area contributed by atoms with E-state index in [0.29, 0.717) is 12.8 Å². The standard InChI is InChI=1S/C17H30O6/c1-3-5-7-9-15(18)22-13-11-21-12-14(17(13)20)23-16(19)10-8-6-4-2/h13-14,17,20H,3-12H2,1-2H3/t13-,14+,17+. The van der Waals surface area contributed by atoms with Gasteiger partial charge in [0.05, 0.1) is 13.2 Å². The summed E-state index contributed by atoms with van der Waals surface area (Å²) in [6.45, 7) is 4.38. The Labute approximate surface area is 138 Å². The monoisotopic (exact) mass is 330 g/mol. The van der Waals surface area contributed by atoms with Gasteiger partial charge in [0.1, 0.15) is 6.10 Å². The molecule has 0 aromatic rings. The largest absolute Gasteiger partial charge is 0.457 e. The molecule has 6 nitrogen and oxygen atoms in total. The van der Waals surface area contributed by atoms with Crippen LogP contribution in [-0.2, 0) is 23.8 Å². The highest BCUT2D eigenvalue weighted by Gasteiger charge is 2.37. The molecule has 1 saturated heterocycles. The normalized spacial score (nSPS) is 24.2. The molecule has 0 spiro atoms. The Morgan fingerprint density at radius 2 is 1.35 bits per heavy atom. The molecule has 134 valence electrons. The maximum atomic E-state index is 11.7. The maximum absolute atomic E-state index is 11.7. The number of unbranched alkanes of at least 4 members (excludes halogenated alkanes) is 4. The average Bonchev–Trinajstić information content (AvgIpc) is 2.52. The Morgan fingerprint density at radius 1 is 0.913 bits per heavy atom. The topological polar surface area (TPSA) is 82.1 Å². The smallest absolute Gasteiger partial charge is 0.306 e. The first kappa shape index (κ1) is 19.9. The van der Waals surface area contributed by atoms with Crippen molar-refractivity contribution in [3.8, 4) is 0 Å². The minimum Gasteiger partial charge on any atom is -0.457 e. The molecular weight excluding hydrogens is 300 g/mol. The van der Waals surface area contributed by atoms with Gasteiger partial charge in [0.25, 0.3) is 0 Å². The number of ether oxygens (including phenoxy) is 3. The highest BCUT2D eigenvalue weighted by atomic mass is 16.6. The zero-order valence-electron chi connectivity index (χ0n) is 14.3. The second-order valence-electron chi connectivity index (χ2n) is 6.00. The van der Waals surface area contributed by atoms with E-state index in [4.69, 9.17) is 14.2 Å². The van der Waals surface area contributed by atoms with Gasteiger partial charge in [-0.2, -0.15) is 0 Å². The van der Waals surface area contributed by atoms with Crippen molar-refractivity contribution in [2.75, 3.05) is 13.2 Å². The highest BCUT2D eigenvalue weighted by molar-refractivity contribution is 5.70. The summed E-state index contributed by atoms with van der Waals surface area (Å²) < 4.78 is 15.8. The van der Waals surface area contributed by atoms with Crippen LogP contribution in [0.3, 0.4) is 0 Å². The Morgan fingerprint density at radius 3 is 1.74 bits per heavy atom. The summed E-state index contributed by atoms with van der Waals surface area (Å²) in [7, 11) is 0. The molecule has 1 aliphatic heterocycles. The van der Waals surface area contributed by atoms with Crippen molar-refractivity contribution in [3.63, 3.8) is 0 Å². The van der Waals surface area contributed by atoms with Gasteiger partial charge in [-0.1, -0.05) is 39.5 Å². The van der Waals surface area contributed by atoms with Crippen molar-refractivity contribution in [1.82, 2.24) is 0 Å². The lowest BCUT2D eigenvalue weighted by molar-refractivity contribution is -0.198. The molecule has 1 fully saturated rings. The molecule has 1 aliphatic rings. The number of hydrogen-bond acceptors (Lipinski definition) is 6. The van der Waals surface area contributed by atoms with Crippen LogP contribution in [0.2, 0.25) is 0 Å². The van der Waals surface area contributed by atoms with E-state index in [2.05, 4.69) is 13.8 Å². The van der Waals surface area contributed by atoms with E-state index in [1.54, 1.807) is 0 Å². The van der Waals surface area contributed by atoms with Crippen LogP contribution in [0.1, 0.15) is 65.2 Å². The van der Waals surface area contributed by atoms with E-state index in [1.807, 2.05) is 0 Å². The number of rotatable bonds is 10. The fourth-order valence-corrected chi connectivity index (χ4v) is 2.44. The van der Waals surface area contributed by atoms with Gasteiger partial charge in [-0.3, -0.25) is 9.59 Å². The molecular formula is C17H30O6. The van der Waals surface area contributed by atoms with Gasteiger partial charge in [-0.25, -0.2) is 0 Å². The van der Waals surface area contributed by atoms with Crippen molar-refractivity contribution in [2.24, 2.45) is 0 Å². The fourth-order valence-electron chi connectivity index (χ4n) is 2.44. The predicted octanol–water partition coefficient (Wildman–Crippen LogP) is 2.36. The third-order valence-electron chi connectivity index (χ3n) is 3.86. The van der Waals surface area contributed by atoms with Crippen molar-refractivity contribution < 1.29 is 28.9 Å². The number of hydrogen-bond donors (Lipinski definition) is 1. The number of carbonyl (C=O) groups is 2. The Hall–Kier alpha value is -1.14. The molecule has 0 amide bonds. The lowest BCUT2D eigenvalue weighted by Crippen LogP contribution is -2.51. The van der Waals surface area contributed by atoms with Gasteiger partial charge < -0.3 is 19.3 Å². The first-order valence-electron chi connectivity index (χ1n) is 8.73. The second kappa shape index (κ2) is 11.4. The lowest BCUT2D eigenvalue weighted by Gasteiger charge is -2.33. The third-order valence-corrected chi connectivity index (χ3v) is 3.86. The summed E-state index contributed by atoms with van der Waals surface area (Å²) in [6.07, 6.45) is 3.62. The van der Waals surface area contributed by atoms with Crippen molar-refractivity contribution in [2.45, 2.75) is 83.5 Å². The maximum Gasteiger partial charge on any atom is 0.306 e. The van der Waals surface area contributed by atoms with E-state index >= 15 is 0 Å². The molecule has 0 unspecified atom stereocenters. The van der Waals surface area contributed by atoms with Crippen molar-refractivity contribution >= 4 is 11.9 Å². The molecule has 0 aliphatic carbocycles. The van der Waals surface area contributed by atoms with Crippen LogP contribution < -0.4 is 0 Å². The third kappa shape index (κ3) is 7.79. The fraction of sp³-hybridized carbons (Fsp3) is 0.882. The van der Waals surface area contributed by atoms with Crippen molar-refractivity contribution in [3.05, 3.63) is 0 Å². The zero-order valence-corrected chi connectivity index (χ0v) is 14.3. The van der Waals surface area contributed by atoms with Crippen LogP contribution in [0.15, 0.2) is 0 Å². The van der Waals surface area contributed by atoms with Crippen LogP contribution >= 0.6 is 0 Å². The summed E-state index contributed by atoms with van der Waals surface area (Å²) >= 11 is 0. The molecule has 0 aromatic carbocycles. The molecule has 1 rings (SSSR count). The van der Waals surface area contributed by atoms with Gasteiger partial charge in [0, 0.05) is 12.8 Å². The minimum absolute atomic E-state index is 0.130. The number of esters is 2. The van der Waals surface area contributed by atoms with Crippen LogP contribution in [0, 0.1) is 0 Å². The molecule has 1 heterocycles. The van der Waals surface area contributed by atoms with Crippen LogP contribution in [0.4, 0.5) is 0 Å². The molecule has 0 saturated carbocycles. The molecule has 6 heteroatoms. The van der Waals surface area contributed by atoms with E-state index in [-0.39, 0.29) is 25.2 Å². The van der Waals surface area contributed by atoms with Gasteiger partial charge in [-0.05, 0) is 12.8 Å². The lowest BCUT2D eigenvalue weighted by atomic mass is 10.1. The van der Waals surface area contributed by atoms with Gasteiger partial charge in [0.2, 0.25) is 0 Å². The van der Waals surface area contributed by atoms with Crippen LogP contribution in [-0.4, -0.2) is 48.6 Å². The SMILES string of the molecule is CCCCCC(=O)O[C@H]1COC[C@@H](OC(=O)CCCCC)[C@@H]1O. The molecule has 0 bridgehead atoms. The molecule has 1 N–H and O–H groups in total. The average molecular weight is 330 g/mol. The summed E-state index contributed by atoms with van der Waals surface area (Å²) in [5.41, 5.74) is 0. The van der Waals surface area contributed by atoms with Crippen LogP contribution in [0.5, 0.6) is 0 Å². The zero-order chi connectivity index (χ0) is 17.1. The summed E-state index contributed by atoms with van der Waals surface area (Å²) in [5.74, 6) is -0.693. The van der Waals surface area contributed by atoms with E-state index in [9.17, 15) is 14.7 Å². The first-order valence-corrected chi connectivity index (χ1v) is 8.73. The molecule has 0 radical (unpaired) electrons. The predicted molar refractivity (Wildman–Crippen MR) is 84.9 cm³/mol. The first-order chi connectivity index (χ1) is 11.1. The Balaban J connectivity index is 2.36. The number of aliphatic hydroxyl groups excluding tert-OH is 1. The minimum atomic E-state index is -1.03. The van der Waals surface area contributed by atoms with Crippen LogP contribution in [0.25, 0.3) is 0 Å². The second-order valence-corrected chi connectivity index (χ2v) is 6.00. The van der Waals surface area contributed by atoms with Crippen molar-refractivity contribution in [1.29, 1.82) is 0 Å². The Bertz CT molecular complexity index is 325. The molecule has 23 heavy (non-hydrogen) atoms. The number of carbonyl (C=O) groups excluding carboxylic acids is 2. The van der Waals surface area contributed by atoms with E-state index in [0.717, 1.165) is 38.5 Å². The van der Waals surface area contributed by atoms with E-state index in [1.165, 1.54) is 0 Å². The summed E-state index contributed by atoms with van der Waals surface area (Å²) in [4.78, 5) is 23.5. The Kier molecular flexibility index (Phi) is 9.87.